The predicted octanol–water partition coefficient (Wildman–Crippen LogP) is 2.48. The van der Waals surface area contributed by atoms with Crippen molar-refractivity contribution in [3.05, 3.63) is 29.3 Å². The predicted molar refractivity (Wildman–Crippen MR) is 71.8 cm³/mol. The van der Waals surface area contributed by atoms with Gasteiger partial charge in [0.2, 0.25) is 0 Å². The van der Waals surface area contributed by atoms with Gasteiger partial charge in [0, 0.05) is 18.2 Å². The molecule has 0 aliphatic heterocycles. The summed E-state index contributed by atoms with van der Waals surface area (Å²) in [6.45, 7) is 1.34. The van der Waals surface area contributed by atoms with E-state index in [9.17, 15) is 33.3 Å². The first-order valence-corrected chi connectivity index (χ1v) is 7.01. The second-order valence-electron chi connectivity index (χ2n) is 4.41. The van der Waals surface area contributed by atoms with E-state index in [1.807, 2.05) is 0 Å². The van der Waals surface area contributed by atoms with Crippen LogP contribution < -0.4 is 0 Å². The molecule has 3 N–H and O–H groups in total. The Bertz CT molecular complexity index is 505. The third kappa shape index (κ3) is 5.22. The van der Waals surface area contributed by atoms with E-state index >= 15 is 0 Å². The molecule has 1 aromatic rings. The van der Waals surface area contributed by atoms with Gasteiger partial charge in [0.05, 0.1) is 11.7 Å². The molecule has 0 amide bonds. The second kappa shape index (κ2) is 7.15. The molecule has 118 valence electrons. The summed E-state index contributed by atoms with van der Waals surface area (Å²) in [5.41, 5.74) is -1.43. The van der Waals surface area contributed by atoms with Crippen LogP contribution in [0.4, 0.5) is 13.2 Å². The lowest BCUT2D eigenvalue weighted by molar-refractivity contribution is -0.137. The third-order valence-corrected chi connectivity index (χ3v) is 3.60. The zero-order valence-corrected chi connectivity index (χ0v) is 11.9. The third-order valence-electron chi connectivity index (χ3n) is 2.76. The van der Waals surface area contributed by atoms with Gasteiger partial charge < -0.3 is 15.3 Å². The van der Waals surface area contributed by atoms with Crippen LogP contribution in [0.25, 0.3) is 0 Å². The van der Waals surface area contributed by atoms with Crippen LogP contribution in [0.2, 0.25) is 0 Å². The topological polar surface area (TPSA) is 77.8 Å². The highest BCUT2D eigenvalue weighted by molar-refractivity contribution is 8.13. The van der Waals surface area contributed by atoms with E-state index < -0.39 is 35.3 Å². The number of aromatic hydroxyl groups is 1. The van der Waals surface area contributed by atoms with Gasteiger partial charge >= 0.3 is 6.18 Å². The summed E-state index contributed by atoms with van der Waals surface area (Å²) < 4.78 is 37.8. The van der Waals surface area contributed by atoms with E-state index in [1.54, 1.807) is 0 Å². The minimum Gasteiger partial charge on any atom is -0.508 e. The Morgan fingerprint density at radius 1 is 1.33 bits per heavy atom. The lowest BCUT2D eigenvalue weighted by Crippen LogP contribution is -2.20. The molecule has 0 heterocycles. The van der Waals surface area contributed by atoms with Gasteiger partial charge in [0.1, 0.15) is 11.9 Å². The number of aliphatic hydroxyl groups excluding tert-OH is 2. The molecule has 0 aliphatic carbocycles. The monoisotopic (exact) mass is 324 g/mol. The highest BCUT2D eigenvalue weighted by atomic mass is 32.2. The number of rotatable bonds is 5. The molecule has 0 spiro atoms. The number of benzene rings is 1. The van der Waals surface area contributed by atoms with E-state index in [0.29, 0.717) is 12.1 Å². The number of hydrogen-bond acceptors (Lipinski definition) is 5. The summed E-state index contributed by atoms with van der Waals surface area (Å²) in [7, 11) is 0. The van der Waals surface area contributed by atoms with Gasteiger partial charge in [-0.25, -0.2) is 0 Å². The summed E-state index contributed by atoms with van der Waals surface area (Å²) in [5.74, 6) is -0.318. The van der Waals surface area contributed by atoms with E-state index in [-0.39, 0.29) is 17.3 Å². The number of carbonyl (C=O) groups excluding carboxylic acids is 1. The number of halogens is 3. The summed E-state index contributed by atoms with van der Waals surface area (Å²) >= 11 is 0.931. The summed E-state index contributed by atoms with van der Waals surface area (Å²) in [4.78, 5) is 10.7. The van der Waals surface area contributed by atoms with Crippen molar-refractivity contribution in [1.82, 2.24) is 0 Å². The summed E-state index contributed by atoms with van der Waals surface area (Å²) in [6.07, 6.45) is -7.66. The van der Waals surface area contributed by atoms with E-state index in [0.717, 1.165) is 17.8 Å². The van der Waals surface area contributed by atoms with E-state index in [2.05, 4.69) is 0 Å². The van der Waals surface area contributed by atoms with Crippen molar-refractivity contribution in [3.63, 3.8) is 0 Å². The van der Waals surface area contributed by atoms with Gasteiger partial charge in [-0.05, 0) is 24.6 Å². The number of alkyl halides is 3. The molecule has 2 unspecified atom stereocenters. The molecule has 2 atom stereocenters. The molecule has 4 nitrogen and oxygen atoms in total. The van der Waals surface area contributed by atoms with E-state index in [1.165, 1.54) is 6.92 Å². The van der Waals surface area contributed by atoms with Crippen molar-refractivity contribution in [2.45, 2.75) is 31.7 Å². The largest absolute Gasteiger partial charge is 0.508 e. The SMILES string of the molecule is CC(=O)SCCC(O)C(O)c1cc(C(F)(F)F)ccc1O. The van der Waals surface area contributed by atoms with Gasteiger partial charge in [-0.2, -0.15) is 13.2 Å². The van der Waals surface area contributed by atoms with Gasteiger partial charge in [-0.1, -0.05) is 11.8 Å². The maximum atomic E-state index is 12.6. The normalized spacial score (nSPS) is 14.8. The van der Waals surface area contributed by atoms with Crippen molar-refractivity contribution in [1.29, 1.82) is 0 Å². The van der Waals surface area contributed by atoms with Crippen LogP contribution in [0.5, 0.6) is 5.75 Å². The number of carbonyl (C=O) groups is 1. The van der Waals surface area contributed by atoms with Crippen LogP contribution in [-0.2, 0) is 11.0 Å². The molecule has 0 bridgehead atoms. The van der Waals surface area contributed by atoms with Crippen LogP contribution in [-0.4, -0.2) is 32.3 Å². The first kappa shape index (κ1) is 17.8. The molecule has 8 heteroatoms. The highest BCUT2D eigenvalue weighted by Gasteiger charge is 2.32. The first-order chi connectivity index (χ1) is 9.62. The van der Waals surface area contributed by atoms with Crippen molar-refractivity contribution in [2.75, 3.05) is 5.75 Å². The van der Waals surface area contributed by atoms with Gasteiger partial charge in [0.15, 0.2) is 5.12 Å². The standard InChI is InChI=1S/C13H15F3O4S/c1-7(17)21-5-4-11(19)12(20)9-6-8(13(14,15)16)2-3-10(9)18/h2-3,6,11-12,18-20H,4-5H2,1H3. The molecule has 0 saturated heterocycles. The molecule has 0 radical (unpaired) electrons. The van der Waals surface area contributed by atoms with Crippen LogP contribution in [0.3, 0.4) is 0 Å². The Morgan fingerprint density at radius 3 is 2.48 bits per heavy atom. The highest BCUT2D eigenvalue weighted by Crippen LogP contribution is 2.35. The zero-order valence-electron chi connectivity index (χ0n) is 11.1. The molecule has 0 fully saturated rings. The van der Waals surface area contributed by atoms with Crippen LogP contribution in [0, 0.1) is 0 Å². The molecular weight excluding hydrogens is 309 g/mol. The number of phenols is 1. The summed E-state index contributed by atoms with van der Waals surface area (Å²) in [6, 6.07) is 2.10. The fraction of sp³-hybridized carbons (Fsp3) is 0.462. The van der Waals surface area contributed by atoms with Crippen LogP contribution in [0.1, 0.15) is 30.6 Å². The number of hydrogen-bond donors (Lipinski definition) is 3. The fourth-order valence-corrected chi connectivity index (χ4v) is 2.30. The van der Waals surface area contributed by atoms with Gasteiger partial charge in [0.25, 0.3) is 0 Å². The Labute approximate surface area is 123 Å². The van der Waals surface area contributed by atoms with Gasteiger partial charge in [-0.3, -0.25) is 4.79 Å². The minimum atomic E-state index is -4.61. The van der Waals surface area contributed by atoms with E-state index in [4.69, 9.17) is 0 Å². The molecule has 0 aromatic heterocycles. The molecular formula is C13H15F3O4S. The molecule has 0 aliphatic rings. The van der Waals surface area contributed by atoms with Gasteiger partial charge in [-0.15, -0.1) is 0 Å². The molecule has 21 heavy (non-hydrogen) atoms. The Hall–Kier alpha value is -1.25. The van der Waals surface area contributed by atoms with Crippen molar-refractivity contribution >= 4 is 16.9 Å². The molecule has 0 saturated carbocycles. The van der Waals surface area contributed by atoms with Crippen molar-refractivity contribution < 1.29 is 33.3 Å². The van der Waals surface area contributed by atoms with Crippen LogP contribution >= 0.6 is 11.8 Å². The Morgan fingerprint density at radius 2 is 1.95 bits per heavy atom. The van der Waals surface area contributed by atoms with Crippen LogP contribution in [0.15, 0.2) is 18.2 Å². The van der Waals surface area contributed by atoms with Crippen molar-refractivity contribution in [2.24, 2.45) is 0 Å². The molecule has 1 rings (SSSR count). The quantitative estimate of drug-likeness (QED) is 0.775. The summed E-state index contributed by atoms with van der Waals surface area (Å²) in [5, 5.41) is 29.0. The maximum Gasteiger partial charge on any atom is 0.416 e. The number of phenolic OH excluding ortho intramolecular Hbond substituents is 1. The lowest BCUT2D eigenvalue weighted by Gasteiger charge is -2.20. The average Bonchev–Trinajstić information content (AvgIpc) is 2.36. The first-order valence-electron chi connectivity index (χ1n) is 6.02. The minimum absolute atomic E-state index is 0.00109. The Kier molecular flexibility index (Phi) is 6.06. The maximum absolute atomic E-state index is 12.6. The second-order valence-corrected chi connectivity index (χ2v) is 5.68. The zero-order chi connectivity index (χ0) is 16.2. The Balaban J connectivity index is 2.85. The smallest absolute Gasteiger partial charge is 0.416 e. The molecule has 1 aromatic carbocycles. The fourth-order valence-electron chi connectivity index (χ4n) is 1.66. The lowest BCUT2D eigenvalue weighted by atomic mass is 9.99. The number of thioether (sulfide) groups is 1. The van der Waals surface area contributed by atoms with Crippen molar-refractivity contribution in [3.8, 4) is 5.75 Å². The average molecular weight is 324 g/mol. The number of aliphatic hydroxyl groups is 2.